The fraction of sp³-hybridized carbons (Fsp3) is 0.286. The quantitative estimate of drug-likeness (QED) is 0.876. The van der Waals surface area contributed by atoms with Crippen molar-refractivity contribution in [3.63, 3.8) is 0 Å². The molecule has 1 N–H and O–H groups in total. The number of aryl methyl sites for hydroxylation is 1. The second kappa shape index (κ2) is 7.54. The minimum Gasteiger partial charge on any atom is -1.00 e. The van der Waals surface area contributed by atoms with Gasteiger partial charge in [-0.05, 0) is 26.0 Å². The van der Waals surface area contributed by atoms with Gasteiger partial charge < -0.3 is 12.5 Å². The number of carboxylic acid groups (broad SMARTS) is 1. The molecule has 0 spiro atoms. The number of hydrogen-bond donors (Lipinski definition) is 1. The van der Waals surface area contributed by atoms with Crippen LogP contribution in [0.4, 0.5) is 10.1 Å². The van der Waals surface area contributed by atoms with Crippen LogP contribution in [0.1, 0.15) is 27.0 Å². The predicted molar refractivity (Wildman–Crippen MR) is 83.7 cm³/mol. The van der Waals surface area contributed by atoms with Crippen LogP contribution in [0.5, 0.6) is 0 Å². The second-order valence-electron chi connectivity index (χ2n) is 4.60. The van der Waals surface area contributed by atoms with Crippen LogP contribution < -0.4 is 4.80 Å². The Morgan fingerprint density at radius 3 is 2.67 bits per heavy atom. The molecule has 0 radical (unpaired) electrons. The van der Waals surface area contributed by atoms with E-state index in [2.05, 4.69) is 4.99 Å². The van der Waals surface area contributed by atoms with E-state index in [1.165, 1.54) is 30.4 Å². The number of hydrogen-bond acceptors (Lipinski definition) is 3. The number of thiazole rings is 1. The maximum Gasteiger partial charge on any atom is 2.00 e. The molecule has 1 heterocycles. The van der Waals surface area contributed by atoms with Gasteiger partial charge in [0.1, 0.15) is 5.82 Å². The normalized spacial score (nSPS) is 12.9. The van der Waals surface area contributed by atoms with E-state index in [4.69, 9.17) is 5.11 Å². The summed E-state index contributed by atoms with van der Waals surface area (Å²) < 4.78 is 15.9. The number of carbonyl (C=O) groups is 1. The summed E-state index contributed by atoms with van der Waals surface area (Å²) in [5.41, 5.74) is 1.72. The van der Waals surface area contributed by atoms with Crippen molar-refractivity contribution >= 4 is 60.7 Å². The first kappa shape index (κ1) is 18.4. The van der Waals surface area contributed by atoms with E-state index in [1.807, 2.05) is 23.9 Å². The maximum absolute atomic E-state index is 13.9. The van der Waals surface area contributed by atoms with Crippen molar-refractivity contribution in [3.05, 3.63) is 45.5 Å². The first-order chi connectivity index (χ1) is 9.40. The van der Waals surface area contributed by atoms with Crippen LogP contribution in [0.15, 0.2) is 28.6 Å². The van der Waals surface area contributed by atoms with Crippen molar-refractivity contribution in [2.45, 2.75) is 19.8 Å². The van der Waals surface area contributed by atoms with Crippen molar-refractivity contribution in [1.82, 2.24) is 4.57 Å². The van der Waals surface area contributed by atoms with Gasteiger partial charge in [-0.2, -0.15) is 0 Å². The molecule has 1 aromatic carbocycles. The summed E-state index contributed by atoms with van der Waals surface area (Å²) in [4.78, 5) is 16.0. The number of aliphatic carboxylic acids is 1. The van der Waals surface area contributed by atoms with Crippen LogP contribution in [-0.2, 0) is 11.8 Å². The number of rotatable bonds is 3. The van der Waals surface area contributed by atoms with E-state index in [9.17, 15) is 9.18 Å². The van der Waals surface area contributed by atoms with Gasteiger partial charge in [-0.15, -0.1) is 11.3 Å². The van der Waals surface area contributed by atoms with Crippen LogP contribution in [-0.4, -0.2) is 53.4 Å². The van der Waals surface area contributed by atoms with E-state index < -0.39 is 17.7 Å². The smallest absolute Gasteiger partial charge is 1.00 e. The largest absolute Gasteiger partial charge is 2.00 e. The third kappa shape index (κ3) is 4.16. The van der Waals surface area contributed by atoms with Crippen molar-refractivity contribution in [3.8, 4) is 0 Å². The van der Waals surface area contributed by atoms with Crippen molar-refractivity contribution in [2.24, 2.45) is 12.0 Å². The van der Waals surface area contributed by atoms with Crippen molar-refractivity contribution in [1.29, 1.82) is 0 Å². The van der Waals surface area contributed by atoms with Crippen LogP contribution in [0.3, 0.4) is 0 Å². The monoisotopic (exact) mass is 336 g/mol. The zero-order valence-electron chi connectivity index (χ0n) is 14.1. The Bertz CT molecular complexity index is 734. The van der Waals surface area contributed by atoms with Gasteiger partial charge in [-0.3, -0.25) is 4.79 Å². The van der Waals surface area contributed by atoms with Crippen LogP contribution in [0.25, 0.3) is 0 Å². The minimum atomic E-state index is -1.05. The molecule has 0 saturated heterocycles. The summed E-state index contributed by atoms with van der Waals surface area (Å²) in [6.07, 6.45) is 0. The van der Waals surface area contributed by atoms with Gasteiger partial charge in [0.2, 0.25) is 0 Å². The van der Waals surface area contributed by atoms with E-state index in [0.717, 1.165) is 10.5 Å². The first-order valence-corrected chi connectivity index (χ1v) is 6.96. The Morgan fingerprint density at radius 2 is 2.19 bits per heavy atom. The Kier molecular flexibility index (Phi) is 6.59. The molecule has 1 aromatic heterocycles. The summed E-state index contributed by atoms with van der Waals surface area (Å²) in [5.74, 6) is -2.46. The van der Waals surface area contributed by atoms with Gasteiger partial charge in [0.15, 0.2) is 4.80 Å². The zero-order chi connectivity index (χ0) is 14.9. The molecule has 0 fully saturated rings. The first-order valence-electron chi connectivity index (χ1n) is 6.08. The molecule has 21 heavy (non-hydrogen) atoms. The Labute approximate surface area is 158 Å². The third-order valence-corrected chi connectivity index (χ3v) is 4.23. The molecule has 0 aliphatic rings. The molecule has 2 rings (SSSR count). The van der Waals surface area contributed by atoms with Gasteiger partial charge in [0.05, 0.1) is 11.6 Å². The molecule has 110 valence electrons. The van der Waals surface area contributed by atoms with Gasteiger partial charge >= 0.3 is 43.7 Å². The van der Waals surface area contributed by atoms with Crippen molar-refractivity contribution in [2.75, 3.05) is 0 Å². The molecule has 0 aliphatic heterocycles. The molecule has 1 unspecified atom stereocenters. The van der Waals surface area contributed by atoms with E-state index in [1.54, 1.807) is 6.07 Å². The number of aromatic nitrogens is 1. The number of nitrogens with zero attached hydrogens (tertiary/aromatic N) is 2. The summed E-state index contributed by atoms with van der Waals surface area (Å²) in [5, 5.41) is 10.9. The molecule has 0 amide bonds. The molecule has 7 heteroatoms. The molecule has 4 nitrogen and oxygen atoms in total. The standard InChI is InChI=1S/C14H15FN2O2S.Ca.2H/c1-8-7-20-14(17(8)3)16-10-4-5-11(12(15)6-10)9(2)13(18)19;;;/h4-7,9H,1-3H3,(H,18,19);;;/q;+2;2*-1. The SMILES string of the molecule is Cc1csc(=Nc2ccc(C(C)C(=O)O)c(F)c2)n1C.[Ca+2].[H-].[H-]. The predicted octanol–water partition coefficient (Wildman–Crippen LogP) is 2.80. The maximum atomic E-state index is 13.9. The average Bonchev–Trinajstić information content (AvgIpc) is 2.70. The number of benzene rings is 1. The Morgan fingerprint density at radius 1 is 1.52 bits per heavy atom. The molecular formula is C14H17CaFN2O2S. The summed E-state index contributed by atoms with van der Waals surface area (Å²) in [7, 11) is 1.89. The minimum absolute atomic E-state index is 0. The zero-order valence-corrected chi connectivity index (χ0v) is 15.2. The number of carboxylic acids is 1. The van der Waals surface area contributed by atoms with Gasteiger partial charge in [0, 0.05) is 23.7 Å². The molecule has 0 saturated carbocycles. The van der Waals surface area contributed by atoms with Gasteiger partial charge in [-0.25, -0.2) is 9.38 Å². The van der Waals surface area contributed by atoms with E-state index >= 15 is 0 Å². The molecular weight excluding hydrogens is 319 g/mol. The molecule has 0 bridgehead atoms. The van der Waals surface area contributed by atoms with Gasteiger partial charge in [0.25, 0.3) is 0 Å². The summed E-state index contributed by atoms with van der Waals surface area (Å²) in [6, 6.07) is 4.38. The fourth-order valence-electron chi connectivity index (χ4n) is 1.73. The van der Waals surface area contributed by atoms with E-state index in [0.29, 0.717) is 5.69 Å². The van der Waals surface area contributed by atoms with Crippen LogP contribution in [0, 0.1) is 12.7 Å². The van der Waals surface area contributed by atoms with Crippen LogP contribution in [0.2, 0.25) is 0 Å². The molecule has 0 aliphatic carbocycles. The Balaban J connectivity index is 0. The van der Waals surface area contributed by atoms with E-state index in [-0.39, 0.29) is 46.2 Å². The second-order valence-corrected chi connectivity index (χ2v) is 5.43. The van der Waals surface area contributed by atoms with Crippen molar-refractivity contribution < 1.29 is 17.1 Å². The molecule has 1 atom stereocenters. The summed E-state index contributed by atoms with van der Waals surface area (Å²) >= 11 is 1.47. The molecule has 2 aromatic rings. The topological polar surface area (TPSA) is 54.6 Å². The number of halogens is 1. The Hall–Kier alpha value is -0.690. The van der Waals surface area contributed by atoms with Gasteiger partial charge in [-0.1, -0.05) is 6.07 Å². The summed E-state index contributed by atoms with van der Waals surface area (Å²) in [6.45, 7) is 3.42. The fourth-order valence-corrected chi connectivity index (χ4v) is 2.62. The third-order valence-electron chi connectivity index (χ3n) is 3.20. The van der Waals surface area contributed by atoms with Crippen LogP contribution >= 0.6 is 11.3 Å². The average molecular weight is 336 g/mol.